The summed E-state index contributed by atoms with van der Waals surface area (Å²) in [4.78, 5) is 0. The molecule has 4 aliphatic carbocycles. The van der Waals surface area contributed by atoms with E-state index < -0.39 is 0 Å². The van der Waals surface area contributed by atoms with E-state index in [1.165, 1.54) is 28.3 Å². The summed E-state index contributed by atoms with van der Waals surface area (Å²) >= 11 is 0. The van der Waals surface area contributed by atoms with Crippen molar-refractivity contribution in [3.05, 3.63) is 141 Å². The summed E-state index contributed by atoms with van der Waals surface area (Å²) in [5, 5.41) is 2.69. The lowest BCUT2D eigenvalue weighted by Crippen LogP contribution is -2.21. The fourth-order valence-electron chi connectivity index (χ4n) is 9.79. The molecule has 0 fully saturated rings. The molecule has 0 unspecified atom stereocenters. The number of fused-ring (bicyclic) bond motifs is 1. The summed E-state index contributed by atoms with van der Waals surface area (Å²) in [6.45, 7) is 68.9. The van der Waals surface area contributed by atoms with Gasteiger partial charge in [-0.3, -0.25) is 0 Å². The number of hydrogen-bond donors (Lipinski definition) is 0. The first-order chi connectivity index (χ1) is 31.1. The highest BCUT2D eigenvalue weighted by Gasteiger charge is 2.31. The lowest BCUT2D eigenvalue weighted by atomic mass is 9.74. The van der Waals surface area contributed by atoms with Crippen LogP contribution in [0, 0.1) is 43.3 Å². The highest BCUT2D eigenvalue weighted by atomic mass is 14.4. The predicted octanol–water partition coefficient (Wildman–Crippen LogP) is 22.8. The zero-order valence-corrected chi connectivity index (χ0v) is 51.9. The second-order valence-electron chi connectivity index (χ2n) is 31.3. The van der Waals surface area contributed by atoms with Crippen LogP contribution in [-0.2, 0) is 10.8 Å². The van der Waals surface area contributed by atoms with Gasteiger partial charge in [0.15, 0.2) is 0 Å². The van der Waals surface area contributed by atoms with Crippen molar-refractivity contribution < 1.29 is 0 Å². The lowest BCUT2D eigenvalue weighted by Gasteiger charge is -2.30. The SMILES string of the molecule is CC(C)(C)C1=C(C(C)(C)C)CC=C1.CC(C)(C)C1=C(C(C)(C)C)CC=C1.CC(C)(C)C1=C(C(C)(C)C)CC=C1.CC(C)(C)C1=CC=C(C(C)(C)C)C1.CC(C)(C)c1cc2ccccc2cc1C(C)(C)C. The standard InChI is InChI=1S/C18H24.4C13H22/c1-17(2,3)15-11-13-9-7-8-10-14(13)12-16(15)18(4,5)6;1-12(2,3)10-7-8-11(9-10)13(4,5)6;3*1-12(2,3)10-8-7-9-11(10)13(4,5)6/h7-12H,1-6H3;4*7-8H,9H2,1-6H3. The molecule has 0 bridgehead atoms. The molecule has 0 heteroatoms. The van der Waals surface area contributed by atoms with Gasteiger partial charge in [0.1, 0.15) is 0 Å². The van der Waals surface area contributed by atoms with Gasteiger partial charge < -0.3 is 0 Å². The van der Waals surface area contributed by atoms with Crippen molar-refractivity contribution in [1.29, 1.82) is 0 Å². The van der Waals surface area contributed by atoms with Crippen LogP contribution in [0.25, 0.3) is 10.8 Å². The zero-order chi connectivity index (χ0) is 54.7. The molecule has 0 spiro atoms. The first-order valence-corrected chi connectivity index (χ1v) is 27.3. The van der Waals surface area contributed by atoms with Crippen molar-refractivity contribution >= 4 is 10.8 Å². The van der Waals surface area contributed by atoms with Gasteiger partial charge in [0.2, 0.25) is 0 Å². The van der Waals surface area contributed by atoms with E-state index in [1.807, 2.05) is 0 Å². The summed E-state index contributed by atoms with van der Waals surface area (Å²) in [5.74, 6) is 0. The van der Waals surface area contributed by atoms with E-state index >= 15 is 0 Å². The van der Waals surface area contributed by atoms with Crippen LogP contribution < -0.4 is 0 Å². The van der Waals surface area contributed by atoms with Gasteiger partial charge in [-0.15, -0.1) is 0 Å². The molecule has 392 valence electrons. The van der Waals surface area contributed by atoms with Crippen molar-refractivity contribution in [2.75, 3.05) is 0 Å². The van der Waals surface area contributed by atoms with E-state index in [0.717, 1.165) is 19.3 Å². The molecule has 6 rings (SSSR count). The van der Waals surface area contributed by atoms with E-state index in [9.17, 15) is 0 Å². The van der Waals surface area contributed by atoms with E-state index in [1.54, 1.807) is 44.6 Å². The molecule has 0 N–H and O–H groups in total. The summed E-state index contributed by atoms with van der Waals surface area (Å²) < 4.78 is 0. The predicted molar refractivity (Wildman–Crippen MR) is 320 cm³/mol. The quantitative estimate of drug-likeness (QED) is 0.247. The summed E-state index contributed by atoms with van der Waals surface area (Å²) in [6.07, 6.45) is 23.0. The molecule has 0 aliphatic heterocycles. The number of rotatable bonds is 0. The number of allylic oxidation sites excluding steroid dienone is 16. The van der Waals surface area contributed by atoms with Crippen molar-refractivity contribution in [3.63, 3.8) is 0 Å². The van der Waals surface area contributed by atoms with E-state index in [2.05, 4.69) is 293 Å². The topological polar surface area (TPSA) is 0 Å². The van der Waals surface area contributed by atoms with Crippen molar-refractivity contribution in [2.45, 2.75) is 244 Å². The lowest BCUT2D eigenvalue weighted by molar-refractivity contribution is 0.452. The Morgan fingerprint density at radius 1 is 0.286 bits per heavy atom. The molecule has 0 heterocycles. The second-order valence-corrected chi connectivity index (χ2v) is 31.3. The molecule has 4 aliphatic rings. The Bertz CT molecular complexity index is 2120. The van der Waals surface area contributed by atoms with Crippen molar-refractivity contribution in [2.24, 2.45) is 43.3 Å². The minimum Gasteiger partial charge on any atom is -0.0801 e. The molecule has 2 aromatic carbocycles. The molecule has 0 radical (unpaired) electrons. The number of benzene rings is 2. The Kier molecular flexibility index (Phi) is 20.1. The van der Waals surface area contributed by atoms with Gasteiger partial charge in [-0.25, -0.2) is 0 Å². The third-order valence-corrected chi connectivity index (χ3v) is 14.2. The molecule has 0 nitrogen and oxygen atoms in total. The minimum atomic E-state index is 0.187. The van der Waals surface area contributed by atoms with Crippen LogP contribution in [0.1, 0.15) is 245 Å². The molecule has 0 saturated carbocycles. The maximum Gasteiger partial charge on any atom is -0.00917 e. The van der Waals surface area contributed by atoms with Crippen LogP contribution in [0.5, 0.6) is 0 Å². The molecular weight excluding hydrogens is 841 g/mol. The molecule has 2 aromatic rings. The van der Waals surface area contributed by atoms with Crippen LogP contribution in [0.2, 0.25) is 0 Å². The fourth-order valence-corrected chi connectivity index (χ4v) is 9.79. The van der Waals surface area contributed by atoms with Crippen molar-refractivity contribution in [3.8, 4) is 0 Å². The van der Waals surface area contributed by atoms with Crippen LogP contribution in [0.4, 0.5) is 0 Å². The highest BCUT2D eigenvalue weighted by molar-refractivity contribution is 5.84. The van der Waals surface area contributed by atoms with E-state index in [0.29, 0.717) is 43.3 Å². The molecule has 0 aromatic heterocycles. The first-order valence-electron chi connectivity index (χ1n) is 27.3. The van der Waals surface area contributed by atoms with E-state index in [-0.39, 0.29) is 10.8 Å². The average molecular weight is 954 g/mol. The minimum absolute atomic E-state index is 0.187. The smallest absolute Gasteiger partial charge is 0.00917 e. The second kappa shape index (κ2) is 22.4. The third-order valence-electron chi connectivity index (χ3n) is 14.2. The van der Waals surface area contributed by atoms with Gasteiger partial charge in [-0.1, -0.05) is 321 Å². The molecule has 0 amide bonds. The maximum absolute atomic E-state index is 2.37. The zero-order valence-electron chi connectivity index (χ0n) is 51.9. The van der Waals surface area contributed by atoms with Gasteiger partial charge in [0.25, 0.3) is 0 Å². The summed E-state index contributed by atoms with van der Waals surface area (Å²) in [7, 11) is 0. The normalized spacial score (nSPS) is 17.2. The Labute approximate surface area is 436 Å². The van der Waals surface area contributed by atoms with Gasteiger partial charge in [0, 0.05) is 0 Å². The van der Waals surface area contributed by atoms with Crippen LogP contribution in [-0.4, -0.2) is 0 Å². The summed E-state index contributed by atoms with van der Waals surface area (Å²) in [6, 6.07) is 13.4. The van der Waals surface area contributed by atoms with Gasteiger partial charge in [-0.2, -0.15) is 0 Å². The maximum atomic E-state index is 2.37. The Hall–Kier alpha value is -3.38. The summed E-state index contributed by atoms with van der Waals surface area (Å²) in [5.41, 5.74) is 18.5. The van der Waals surface area contributed by atoms with Gasteiger partial charge in [-0.05, 0) is 118 Å². The van der Waals surface area contributed by atoms with Crippen LogP contribution >= 0.6 is 0 Å². The van der Waals surface area contributed by atoms with Crippen LogP contribution in [0.3, 0.4) is 0 Å². The Morgan fingerprint density at radius 2 is 0.529 bits per heavy atom. The first kappa shape index (κ1) is 62.7. The molecule has 70 heavy (non-hydrogen) atoms. The average Bonchev–Trinajstić information content (AvgIpc) is 3.99. The van der Waals surface area contributed by atoms with Crippen molar-refractivity contribution in [1.82, 2.24) is 0 Å². The molecule has 0 atom stereocenters. The highest BCUT2D eigenvalue weighted by Crippen LogP contribution is 2.45. The van der Waals surface area contributed by atoms with Gasteiger partial charge in [0.05, 0.1) is 0 Å². The molecule has 0 saturated heterocycles. The molecular formula is C70H112. The number of hydrogen-bond acceptors (Lipinski definition) is 0. The largest absolute Gasteiger partial charge is 0.0801 e. The monoisotopic (exact) mass is 953 g/mol. The third kappa shape index (κ3) is 18.6. The van der Waals surface area contributed by atoms with E-state index in [4.69, 9.17) is 0 Å². The fraction of sp³-hybridized carbons (Fsp3) is 0.629. The van der Waals surface area contributed by atoms with Crippen LogP contribution in [0.15, 0.2) is 130 Å². The Balaban J connectivity index is 0.000000302. The van der Waals surface area contributed by atoms with Gasteiger partial charge >= 0.3 is 0 Å². The Morgan fingerprint density at radius 3 is 0.686 bits per heavy atom.